The van der Waals surface area contributed by atoms with Gasteiger partial charge >= 0.3 is 0 Å². The minimum absolute atomic E-state index is 0.217. The third-order valence-corrected chi connectivity index (χ3v) is 2.97. The minimum Gasteiger partial charge on any atom is -0.384 e. The van der Waals surface area contributed by atoms with E-state index in [2.05, 4.69) is 5.10 Å². The van der Waals surface area contributed by atoms with E-state index in [0.717, 1.165) is 11.6 Å². The summed E-state index contributed by atoms with van der Waals surface area (Å²) in [5, 5.41) is 14.7. The molecule has 0 fully saturated rings. The van der Waals surface area contributed by atoms with Crippen molar-refractivity contribution in [2.24, 2.45) is 7.05 Å². The Labute approximate surface area is 108 Å². The Kier molecular flexibility index (Phi) is 3.20. The molecule has 19 heavy (non-hydrogen) atoms. The molecule has 0 bridgehead atoms. The van der Waals surface area contributed by atoms with Gasteiger partial charge in [0.1, 0.15) is 17.3 Å². The molecule has 0 saturated heterocycles. The van der Waals surface area contributed by atoms with Gasteiger partial charge in [-0.25, -0.2) is 4.39 Å². The van der Waals surface area contributed by atoms with Crippen LogP contribution < -0.4 is 5.73 Å². The predicted octanol–water partition coefficient (Wildman–Crippen LogP) is 2.28. The number of nitro benzene ring substituents is 1. The summed E-state index contributed by atoms with van der Waals surface area (Å²) in [4.78, 5) is 9.94. The van der Waals surface area contributed by atoms with Crippen molar-refractivity contribution in [3.63, 3.8) is 0 Å². The Morgan fingerprint density at radius 2 is 2.21 bits per heavy atom. The third kappa shape index (κ3) is 2.14. The lowest BCUT2D eigenvalue weighted by molar-refractivity contribution is -0.385. The SMILES string of the molecule is CCc1c(-c2ccc([N+](=O)[O-])cc2F)nn(C)c1N. The molecule has 1 aromatic heterocycles. The van der Waals surface area contributed by atoms with Crippen molar-refractivity contribution in [3.8, 4) is 11.3 Å². The van der Waals surface area contributed by atoms with Crippen molar-refractivity contribution in [3.05, 3.63) is 39.7 Å². The first kappa shape index (κ1) is 13.0. The van der Waals surface area contributed by atoms with Crippen LogP contribution in [0.2, 0.25) is 0 Å². The summed E-state index contributed by atoms with van der Waals surface area (Å²) in [6.07, 6.45) is 0.603. The predicted molar refractivity (Wildman–Crippen MR) is 69.0 cm³/mol. The second-order valence-corrected chi connectivity index (χ2v) is 4.11. The fraction of sp³-hybridized carbons (Fsp3) is 0.250. The molecule has 0 atom stereocenters. The molecule has 0 aliphatic rings. The number of aromatic nitrogens is 2. The van der Waals surface area contributed by atoms with E-state index in [1.54, 1.807) is 7.05 Å². The zero-order chi connectivity index (χ0) is 14.2. The van der Waals surface area contributed by atoms with Gasteiger partial charge in [-0.2, -0.15) is 5.10 Å². The van der Waals surface area contributed by atoms with E-state index < -0.39 is 10.7 Å². The normalized spacial score (nSPS) is 10.7. The van der Waals surface area contributed by atoms with Crippen molar-refractivity contribution >= 4 is 11.5 Å². The summed E-state index contributed by atoms with van der Waals surface area (Å²) in [6.45, 7) is 1.89. The molecule has 100 valence electrons. The summed E-state index contributed by atoms with van der Waals surface area (Å²) in [6, 6.07) is 3.50. The summed E-state index contributed by atoms with van der Waals surface area (Å²) < 4.78 is 15.4. The maximum Gasteiger partial charge on any atom is 0.272 e. The van der Waals surface area contributed by atoms with E-state index in [-0.39, 0.29) is 11.3 Å². The number of nitrogens with two attached hydrogens (primary N) is 1. The van der Waals surface area contributed by atoms with Gasteiger partial charge in [0.25, 0.3) is 5.69 Å². The van der Waals surface area contributed by atoms with E-state index in [4.69, 9.17) is 5.73 Å². The molecule has 1 heterocycles. The van der Waals surface area contributed by atoms with E-state index in [1.807, 2.05) is 6.92 Å². The number of aryl methyl sites for hydroxylation is 1. The van der Waals surface area contributed by atoms with E-state index >= 15 is 0 Å². The number of nitro groups is 1. The number of anilines is 1. The maximum atomic E-state index is 14.0. The lowest BCUT2D eigenvalue weighted by atomic mass is 10.0. The molecule has 1 aromatic carbocycles. The summed E-state index contributed by atoms with van der Waals surface area (Å²) in [5.74, 6) is -0.211. The molecule has 0 aliphatic carbocycles. The van der Waals surface area contributed by atoms with Gasteiger partial charge in [0, 0.05) is 24.2 Å². The maximum absolute atomic E-state index is 14.0. The van der Waals surface area contributed by atoms with Gasteiger partial charge in [0.2, 0.25) is 0 Å². The van der Waals surface area contributed by atoms with E-state index in [0.29, 0.717) is 17.9 Å². The van der Waals surface area contributed by atoms with Crippen LogP contribution in [0.1, 0.15) is 12.5 Å². The molecule has 0 spiro atoms. The fourth-order valence-electron chi connectivity index (χ4n) is 1.96. The summed E-state index contributed by atoms with van der Waals surface area (Å²) in [7, 11) is 1.67. The number of non-ortho nitro benzene ring substituents is 1. The van der Waals surface area contributed by atoms with Crippen molar-refractivity contribution in [2.45, 2.75) is 13.3 Å². The fourth-order valence-corrected chi connectivity index (χ4v) is 1.96. The molecule has 0 amide bonds. The first-order chi connectivity index (χ1) is 8.95. The second-order valence-electron chi connectivity index (χ2n) is 4.11. The number of halogens is 1. The molecule has 0 aliphatic heterocycles. The number of benzene rings is 1. The number of nitrogens with zero attached hydrogens (tertiary/aromatic N) is 3. The Bertz CT molecular complexity index is 651. The second kappa shape index (κ2) is 4.68. The van der Waals surface area contributed by atoms with Crippen LogP contribution in [0.5, 0.6) is 0 Å². The lowest BCUT2D eigenvalue weighted by Crippen LogP contribution is -1.98. The molecule has 0 saturated carbocycles. The van der Waals surface area contributed by atoms with Gasteiger partial charge in [-0.15, -0.1) is 0 Å². The van der Waals surface area contributed by atoms with Crippen LogP contribution in [0.4, 0.5) is 15.9 Å². The molecule has 2 aromatic rings. The average Bonchev–Trinajstić information content (AvgIpc) is 2.65. The van der Waals surface area contributed by atoms with Crippen LogP contribution in [-0.2, 0) is 13.5 Å². The quantitative estimate of drug-likeness (QED) is 0.680. The van der Waals surface area contributed by atoms with Crippen LogP contribution in [0.25, 0.3) is 11.3 Å². The van der Waals surface area contributed by atoms with Crippen molar-refractivity contribution in [2.75, 3.05) is 5.73 Å². The van der Waals surface area contributed by atoms with Gasteiger partial charge in [-0.1, -0.05) is 6.92 Å². The Hall–Kier alpha value is -2.44. The summed E-state index contributed by atoms with van der Waals surface area (Å²) in [5.41, 5.74) is 6.94. The summed E-state index contributed by atoms with van der Waals surface area (Å²) >= 11 is 0. The largest absolute Gasteiger partial charge is 0.384 e. The molecule has 0 radical (unpaired) electrons. The number of nitrogen functional groups attached to an aromatic ring is 1. The minimum atomic E-state index is -0.679. The van der Waals surface area contributed by atoms with Crippen LogP contribution >= 0.6 is 0 Å². The van der Waals surface area contributed by atoms with Gasteiger partial charge in [0.15, 0.2) is 0 Å². The first-order valence-corrected chi connectivity index (χ1v) is 5.71. The van der Waals surface area contributed by atoms with E-state index in [1.165, 1.54) is 16.8 Å². The monoisotopic (exact) mass is 264 g/mol. The number of rotatable bonds is 3. The van der Waals surface area contributed by atoms with E-state index in [9.17, 15) is 14.5 Å². The highest BCUT2D eigenvalue weighted by Crippen LogP contribution is 2.30. The van der Waals surface area contributed by atoms with Gasteiger partial charge < -0.3 is 5.73 Å². The number of hydrogen-bond donors (Lipinski definition) is 1. The zero-order valence-electron chi connectivity index (χ0n) is 10.6. The topological polar surface area (TPSA) is 87.0 Å². The van der Waals surface area contributed by atoms with Crippen molar-refractivity contribution in [1.29, 1.82) is 0 Å². The molecule has 6 nitrogen and oxygen atoms in total. The van der Waals surface area contributed by atoms with Crippen molar-refractivity contribution in [1.82, 2.24) is 9.78 Å². The average molecular weight is 264 g/mol. The van der Waals surface area contributed by atoms with Gasteiger partial charge in [-0.05, 0) is 12.5 Å². The van der Waals surface area contributed by atoms with Gasteiger partial charge in [-0.3, -0.25) is 14.8 Å². The smallest absolute Gasteiger partial charge is 0.272 e. The van der Waals surface area contributed by atoms with Crippen LogP contribution in [-0.4, -0.2) is 14.7 Å². The number of hydrogen-bond acceptors (Lipinski definition) is 4. The zero-order valence-corrected chi connectivity index (χ0v) is 10.6. The Morgan fingerprint density at radius 1 is 1.53 bits per heavy atom. The highest BCUT2D eigenvalue weighted by Gasteiger charge is 2.19. The molecule has 2 N–H and O–H groups in total. The van der Waals surface area contributed by atoms with Gasteiger partial charge in [0.05, 0.1) is 11.0 Å². The highest BCUT2D eigenvalue weighted by atomic mass is 19.1. The standard InChI is InChI=1S/C12H13FN4O2/c1-3-8-11(15-16(2)12(8)14)9-5-4-7(17(18)19)6-10(9)13/h4-6H,3,14H2,1-2H3. The van der Waals surface area contributed by atoms with Crippen LogP contribution in [0.3, 0.4) is 0 Å². The molecule has 2 rings (SSSR count). The van der Waals surface area contributed by atoms with Crippen LogP contribution in [0, 0.1) is 15.9 Å². The first-order valence-electron chi connectivity index (χ1n) is 5.71. The lowest BCUT2D eigenvalue weighted by Gasteiger charge is -2.02. The molecule has 0 unspecified atom stereocenters. The Morgan fingerprint density at radius 3 is 2.74 bits per heavy atom. The molecular weight excluding hydrogens is 251 g/mol. The Balaban J connectivity index is 2.59. The molecule has 7 heteroatoms. The van der Waals surface area contributed by atoms with Crippen molar-refractivity contribution < 1.29 is 9.31 Å². The molecular formula is C12H13FN4O2. The van der Waals surface area contributed by atoms with Crippen LogP contribution in [0.15, 0.2) is 18.2 Å². The highest BCUT2D eigenvalue weighted by molar-refractivity contribution is 5.69. The third-order valence-electron chi connectivity index (χ3n) is 2.97.